The van der Waals surface area contributed by atoms with E-state index in [-0.39, 0.29) is 6.04 Å². The minimum absolute atomic E-state index is 0.267. The number of piperidine rings is 1. The van der Waals surface area contributed by atoms with Crippen molar-refractivity contribution in [2.24, 2.45) is 0 Å². The van der Waals surface area contributed by atoms with Gasteiger partial charge in [0.2, 0.25) is 5.60 Å². The van der Waals surface area contributed by atoms with Crippen LogP contribution in [0.4, 0.5) is 0 Å². The van der Waals surface area contributed by atoms with Gasteiger partial charge >= 0.3 is 5.97 Å². The first-order chi connectivity index (χ1) is 12.4. The highest BCUT2D eigenvalue weighted by molar-refractivity contribution is 5.85. The Morgan fingerprint density at radius 3 is 2.08 bits per heavy atom. The average molecular weight is 354 g/mol. The van der Waals surface area contributed by atoms with Crippen LogP contribution in [0.2, 0.25) is 0 Å². The number of benzene rings is 2. The van der Waals surface area contributed by atoms with Crippen LogP contribution < -0.4 is 0 Å². The summed E-state index contributed by atoms with van der Waals surface area (Å²) in [6.45, 7) is 1.41. The summed E-state index contributed by atoms with van der Waals surface area (Å²) in [5, 5.41) is 11.4. The van der Waals surface area contributed by atoms with Crippen molar-refractivity contribution in [2.45, 2.75) is 30.9 Å². The zero-order valence-electron chi connectivity index (χ0n) is 15.6. The van der Waals surface area contributed by atoms with E-state index in [0.29, 0.717) is 17.7 Å². The molecule has 3 rings (SSSR count). The highest BCUT2D eigenvalue weighted by Crippen LogP contribution is 2.31. The molecule has 0 radical (unpaired) electrons. The second-order valence-electron chi connectivity index (χ2n) is 7.69. The van der Waals surface area contributed by atoms with Crippen molar-refractivity contribution in [1.29, 1.82) is 0 Å². The van der Waals surface area contributed by atoms with Gasteiger partial charge in [-0.3, -0.25) is 0 Å². The summed E-state index contributed by atoms with van der Waals surface area (Å²) in [6.07, 6.45) is 3.40. The van der Waals surface area contributed by atoms with Gasteiger partial charge in [0.05, 0.1) is 20.6 Å². The molecule has 0 unspecified atom stereocenters. The van der Waals surface area contributed by atoms with Gasteiger partial charge < -0.3 is 14.3 Å². The summed E-state index contributed by atoms with van der Waals surface area (Å²) in [4.78, 5) is 13.0. The Labute approximate surface area is 155 Å². The molecule has 2 aromatic rings. The Hall–Kier alpha value is -2.17. The Morgan fingerprint density at radius 2 is 1.58 bits per heavy atom. The van der Waals surface area contributed by atoms with Gasteiger partial charge in [-0.2, -0.15) is 0 Å². The van der Waals surface area contributed by atoms with Gasteiger partial charge in [0.1, 0.15) is 12.6 Å². The van der Waals surface area contributed by atoms with Crippen molar-refractivity contribution in [2.75, 3.05) is 27.2 Å². The zero-order chi connectivity index (χ0) is 18.6. The van der Waals surface area contributed by atoms with E-state index in [0.717, 1.165) is 23.9 Å². The number of rotatable bonds is 5. The second-order valence-corrected chi connectivity index (χ2v) is 7.69. The molecule has 0 amide bonds. The van der Waals surface area contributed by atoms with E-state index in [1.54, 1.807) is 24.3 Å². The largest absolute Gasteiger partial charge is 0.457 e. The molecule has 1 aliphatic heterocycles. The molecule has 138 valence electrons. The fourth-order valence-electron chi connectivity index (χ4n) is 3.75. The molecule has 1 fully saturated rings. The molecular weight excluding hydrogens is 326 g/mol. The third-order valence-corrected chi connectivity index (χ3v) is 5.60. The summed E-state index contributed by atoms with van der Waals surface area (Å²) in [5.41, 5.74) is -0.754. The molecule has 1 saturated heterocycles. The van der Waals surface area contributed by atoms with Gasteiger partial charge in [0, 0.05) is 6.42 Å². The monoisotopic (exact) mass is 354 g/mol. The first-order valence-corrected chi connectivity index (χ1v) is 9.28. The van der Waals surface area contributed by atoms with Crippen molar-refractivity contribution in [3.63, 3.8) is 0 Å². The van der Waals surface area contributed by atoms with Crippen molar-refractivity contribution < 1.29 is 19.1 Å². The quantitative estimate of drug-likeness (QED) is 0.663. The number of carbonyl (C=O) groups excluding carboxylic acids is 1. The summed E-state index contributed by atoms with van der Waals surface area (Å²) >= 11 is 0. The Kier molecular flexibility index (Phi) is 5.44. The number of likely N-dealkylation sites (tertiary alicyclic amines) is 1. The number of hydrogen-bond acceptors (Lipinski definition) is 3. The third-order valence-electron chi connectivity index (χ3n) is 5.60. The molecule has 4 nitrogen and oxygen atoms in total. The minimum Gasteiger partial charge on any atom is -0.457 e. The van der Waals surface area contributed by atoms with Crippen LogP contribution in [0.15, 0.2) is 60.7 Å². The van der Waals surface area contributed by atoms with Crippen LogP contribution in [0.3, 0.4) is 0 Å². The predicted molar refractivity (Wildman–Crippen MR) is 101 cm³/mol. The fourth-order valence-corrected chi connectivity index (χ4v) is 3.75. The topological polar surface area (TPSA) is 46.5 Å². The van der Waals surface area contributed by atoms with Gasteiger partial charge in [-0.25, -0.2) is 4.79 Å². The molecule has 2 aromatic carbocycles. The maximum Gasteiger partial charge on any atom is 0.347 e. The third kappa shape index (κ3) is 3.67. The average Bonchev–Trinajstić information content (AvgIpc) is 2.67. The summed E-state index contributed by atoms with van der Waals surface area (Å²) < 4.78 is 6.54. The van der Waals surface area contributed by atoms with E-state index in [9.17, 15) is 9.90 Å². The van der Waals surface area contributed by atoms with E-state index in [4.69, 9.17) is 4.74 Å². The Morgan fingerprint density at radius 1 is 1.04 bits per heavy atom. The first kappa shape index (κ1) is 18.6. The second kappa shape index (κ2) is 7.60. The van der Waals surface area contributed by atoms with E-state index < -0.39 is 11.6 Å². The molecule has 0 spiro atoms. The van der Waals surface area contributed by atoms with E-state index in [1.165, 1.54) is 6.42 Å². The van der Waals surface area contributed by atoms with Gasteiger partial charge in [0.15, 0.2) is 0 Å². The molecule has 0 aliphatic carbocycles. The normalized spacial score (nSPS) is 19.7. The number of quaternary nitrogens is 1. The molecule has 0 bridgehead atoms. The molecule has 0 aromatic heterocycles. The lowest BCUT2D eigenvalue weighted by molar-refractivity contribution is -0.920. The van der Waals surface area contributed by atoms with Crippen molar-refractivity contribution >= 4 is 5.97 Å². The van der Waals surface area contributed by atoms with Crippen molar-refractivity contribution in [1.82, 2.24) is 0 Å². The lowest BCUT2D eigenvalue weighted by Gasteiger charge is -2.41. The van der Waals surface area contributed by atoms with Crippen molar-refractivity contribution in [3.05, 3.63) is 71.8 Å². The van der Waals surface area contributed by atoms with Gasteiger partial charge in [-0.1, -0.05) is 60.7 Å². The fraction of sp³-hybridized carbons (Fsp3) is 0.409. The van der Waals surface area contributed by atoms with Crippen LogP contribution in [-0.2, 0) is 15.1 Å². The molecule has 0 saturated carbocycles. The number of hydrogen-bond donors (Lipinski definition) is 1. The lowest BCUT2D eigenvalue weighted by Crippen LogP contribution is -2.54. The summed E-state index contributed by atoms with van der Waals surface area (Å²) in [5.74, 6) is -0.611. The highest BCUT2D eigenvalue weighted by Gasteiger charge is 2.43. The minimum atomic E-state index is -1.80. The Balaban J connectivity index is 1.84. The number of likely N-dealkylation sites (N-methyl/N-ethyl adjacent to an activating group) is 1. The van der Waals surface area contributed by atoms with Crippen LogP contribution in [-0.4, -0.2) is 48.8 Å². The Bertz CT molecular complexity index is 688. The molecule has 26 heavy (non-hydrogen) atoms. The zero-order valence-corrected chi connectivity index (χ0v) is 15.6. The molecular formula is C22H28NO3+. The van der Waals surface area contributed by atoms with E-state index >= 15 is 0 Å². The first-order valence-electron chi connectivity index (χ1n) is 9.28. The maximum atomic E-state index is 13.0. The summed E-state index contributed by atoms with van der Waals surface area (Å²) in [6, 6.07) is 18.3. The molecule has 1 aliphatic rings. The van der Waals surface area contributed by atoms with Gasteiger partial charge in [0.25, 0.3) is 0 Å². The van der Waals surface area contributed by atoms with Crippen LogP contribution in [0.1, 0.15) is 30.4 Å². The number of nitrogens with zero attached hydrogens (tertiary/aromatic N) is 1. The maximum absolute atomic E-state index is 13.0. The molecule has 1 N–H and O–H groups in total. The molecule has 1 atom stereocenters. The van der Waals surface area contributed by atoms with Crippen LogP contribution in [0.25, 0.3) is 0 Å². The van der Waals surface area contributed by atoms with Gasteiger partial charge in [-0.15, -0.1) is 0 Å². The standard InChI is InChI=1S/C22H28NO3/c1-23(2)16-10-9-15-20(23)17-26-21(24)22(25,18-11-5-3-6-12-18)19-13-7-4-8-14-19/h3-8,11-14,20,25H,9-10,15-17H2,1-2H3/q+1/t20-/m1/s1. The molecule has 4 heteroatoms. The van der Waals surface area contributed by atoms with E-state index in [2.05, 4.69) is 14.1 Å². The highest BCUT2D eigenvalue weighted by atomic mass is 16.6. The van der Waals surface area contributed by atoms with E-state index in [1.807, 2.05) is 36.4 Å². The van der Waals surface area contributed by atoms with Crippen LogP contribution in [0.5, 0.6) is 0 Å². The number of esters is 1. The van der Waals surface area contributed by atoms with Crippen LogP contribution in [0, 0.1) is 0 Å². The lowest BCUT2D eigenvalue weighted by atomic mass is 9.86. The van der Waals surface area contributed by atoms with Crippen LogP contribution >= 0.6 is 0 Å². The summed E-state index contributed by atoms with van der Waals surface area (Å²) in [7, 11) is 4.36. The number of aliphatic hydroxyl groups is 1. The smallest absolute Gasteiger partial charge is 0.347 e. The van der Waals surface area contributed by atoms with Gasteiger partial charge in [-0.05, 0) is 24.0 Å². The number of carbonyl (C=O) groups is 1. The van der Waals surface area contributed by atoms with Crippen molar-refractivity contribution in [3.8, 4) is 0 Å². The number of ether oxygens (including phenoxy) is 1. The SMILES string of the molecule is C[N+]1(C)CCCC[C@@H]1COC(=O)C(O)(c1ccccc1)c1ccccc1. The predicted octanol–water partition coefficient (Wildman–Crippen LogP) is 3.09. The molecule has 1 heterocycles.